The molecule has 0 unspecified atom stereocenters. The topological polar surface area (TPSA) is 79.1 Å². The molecule has 6 heteroatoms. The molecule has 0 fully saturated rings. The van der Waals surface area contributed by atoms with Crippen LogP contribution >= 0.6 is 11.6 Å². The number of nitrogens with zero attached hydrogens (tertiary/aromatic N) is 1. The van der Waals surface area contributed by atoms with Gasteiger partial charge in [0.2, 0.25) is 5.88 Å². The molecule has 1 aromatic carbocycles. The van der Waals surface area contributed by atoms with E-state index in [1.54, 1.807) is 43.3 Å². The second-order valence-electron chi connectivity index (χ2n) is 4.53. The minimum absolute atomic E-state index is 0.0736. The number of hydrogen-bond acceptors (Lipinski definition) is 4. The van der Waals surface area contributed by atoms with E-state index in [2.05, 4.69) is 9.97 Å². The van der Waals surface area contributed by atoms with Crippen molar-refractivity contribution in [1.82, 2.24) is 9.97 Å². The zero-order valence-corrected chi connectivity index (χ0v) is 11.8. The molecule has 0 amide bonds. The molecule has 106 valence electrons. The lowest BCUT2D eigenvalue weighted by Crippen LogP contribution is -2.11. The van der Waals surface area contributed by atoms with E-state index in [1.165, 1.54) is 0 Å². The van der Waals surface area contributed by atoms with Crippen molar-refractivity contribution in [3.05, 3.63) is 57.5 Å². The molecule has 0 bridgehead atoms. The first-order valence-electron chi connectivity index (χ1n) is 6.20. The number of halogens is 1. The maximum atomic E-state index is 12.2. The average Bonchev–Trinajstić information content (AvgIpc) is 2.85. The van der Waals surface area contributed by atoms with Gasteiger partial charge in [0, 0.05) is 5.02 Å². The molecule has 0 radical (unpaired) electrons. The Bertz CT molecular complexity index is 867. The number of rotatable bonds is 2. The van der Waals surface area contributed by atoms with Crippen LogP contribution in [0, 0.1) is 6.92 Å². The van der Waals surface area contributed by atoms with Crippen molar-refractivity contribution in [3.63, 3.8) is 0 Å². The molecule has 2 aromatic heterocycles. The van der Waals surface area contributed by atoms with Crippen LogP contribution in [-0.2, 0) is 0 Å². The van der Waals surface area contributed by atoms with Gasteiger partial charge in [-0.05, 0) is 36.8 Å². The summed E-state index contributed by atoms with van der Waals surface area (Å²) < 4.78 is 5.38. The van der Waals surface area contributed by atoms with Gasteiger partial charge in [-0.1, -0.05) is 23.7 Å². The van der Waals surface area contributed by atoms with Gasteiger partial charge in [-0.3, -0.25) is 4.79 Å². The van der Waals surface area contributed by atoms with Gasteiger partial charge in [-0.2, -0.15) is 4.98 Å². The van der Waals surface area contributed by atoms with Crippen molar-refractivity contribution < 1.29 is 9.52 Å². The molecule has 0 aliphatic heterocycles. The molecular weight excluding hydrogens is 292 g/mol. The van der Waals surface area contributed by atoms with Crippen LogP contribution in [0.15, 0.2) is 45.6 Å². The molecule has 2 heterocycles. The molecule has 3 aromatic rings. The highest BCUT2D eigenvalue weighted by Crippen LogP contribution is 2.27. The molecule has 0 spiro atoms. The minimum Gasteiger partial charge on any atom is -0.493 e. The predicted octanol–water partition coefficient (Wildman–Crippen LogP) is 3.36. The van der Waals surface area contributed by atoms with E-state index >= 15 is 0 Å². The monoisotopic (exact) mass is 302 g/mol. The molecule has 0 aliphatic carbocycles. The Hall–Kier alpha value is -2.53. The summed E-state index contributed by atoms with van der Waals surface area (Å²) in [6.07, 6.45) is 0. The van der Waals surface area contributed by atoms with E-state index < -0.39 is 5.56 Å². The van der Waals surface area contributed by atoms with E-state index in [0.29, 0.717) is 22.1 Å². The number of benzene rings is 1. The second-order valence-corrected chi connectivity index (χ2v) is 4.97. The van der Waals surface area contributed by atoms with Gasteiger partial charge in [0.15, 0.2) is 11.6 Å². The third-order valence-electron chi connectivity index (χ3n) is 2.99. The van der Waals surface area contributed by atoms with Crippen LogP contribution in [0.25, 0.3) is 22.7 Å². The number of nitrogens with one attached hydrogen (secondary N) is 1. The SMILES string of the molecule is Cc1ccc(-c2nc(O)c(-c3cccc(Cl)c3)c(=O)[nH]2)o1. The lowest BCUT2D eigenvalue weighted by atomic mass is 10.1. The van der Waals surface area contributed by atoms with Gasteiger partial charge in [0.1, 0.15) is 11.3 Å². The molecule has 5 nitrogen and oxygen atoms in total. The van der Waals surface area contributed by atoms with E-state index in [-0.39, 0.29) is 17.3 Å². The normalized spacial score (nSPS) is 10.8. The molecular formula is C15H11ClN2O3. The standard InChI is InChI=1S/C15H11ClN2O3/c1-8-5-6-11(21-8)13-17-14(19)12(15(20)18-13)9-3-2-4-10(16)7-9/h2-7H,1H3,(H2,17,18,19,20). The molecule has 0 saturated carbocycles. The van der Waals surface area contributed by atoms with Crippen molar-refractivity contribution in [2.45, 2.75) is 6.92 Å². The summed E-state index contributed by atoms with van der Waals surface area (Å²) in [5.74, 6) is 0.880. The average molecular weight is 303 g/mol. The highest BCUT2D eigenvalue weighted by Gasteiger charge is 2.15. The first-order chi connectivity index (χ1) is 10.0. The smallest absolute Gasteiger partial charge is 0.263 e. The summed E-state index contributed by atoms with van der Waals surface area (Å²) in [6, 6.07) is 10.1. The van der Waals surface area contributed by atoms with Crippen LogP contribution in [0.2, 0.25) is 5.02 Å². The summed E-state index contributed by atoms with van der Waals surface area (Å²) in [5.41, 5.74) is 0.106. The lowest BCUT2D eigenvalue weighted by molar-refractivity contribution is 0.452. The van der Waals surface area contributed by atoms with E-state index in [0.717, 1.165) is 0 Å². The zero-order chi connectivity index (χ0) is 15.0. The van der Waals surface area contributed by atoms with Crippen molar-refractivity contribution >= 4 is 11.6 Å². The van der Waals surface area contributed by atoms with Crippen molar-refractivity contribution in [2.24, 2.45) is 0 Å². The van der Waals surface area contributed by atoms with Crippen molar-refractivity contribution in [1.29, 1.82) is 0 Å². The van der Waals surface area contributed by atoms with Gasteiger partial charge in [-0.25, -0.2) is 0 Å². The number of furan rings is 1. The Labute approximate surface area is 124 Å². The van der Waals surface area contributed by atoms with E-state index in [1.807, 2.05) is 0 Å². The Morgan fingerprint density at radius 3 is 2.71 bits per heavy atom. The fraction of sp³-hybridized carbons (Fsp3) is 0.0667. The molecule has 3 rings (SSSR count). The largest absolute Gasteiger partial charge is 0.493 e. The summed E-state index contributed by atoms with van der Waals surface area (Å²) >= 11 is 5.90. The molecule has 21 heavy (non-hydrogen) atoms. The van der Waals surface area contributed by atoms with Gasteiger partial charge in [-0.15, -0.1) is 0 Å². The maximum absolute atomic E-state index is 12.2. The Morgan fingerprint density at radius 1 is 1.29 bits per heavy atom. The predicted molar refractivity (Wildman–Crippen MR) is 79.4 cm³/mol. The minimum atomic E-state index is -0.464. The van der Waals surface area contributed by atoms with Crippen LogP contribution in [0.1, 0.15) is 5.76 Å². The third-order valence-corrected chi connectivity index (χ3v) is 3.22. The summed E-state index contributed by atoms with van der Waals surface area (Å²) in [4.78, 5) is 18.8. The molecule has 0 saturated heterocycles. The van der Waals surface area contributed by atoms with Gasteiger partial charge < -0.3 is 14.5 Å². The van der Waals surface area contributed by atoms with Gasteiger partial charge >= 0.3 is 0 Å². The Morgan fingerprint density at radius 2 is 2.10 bits per heavy atom. The zero-order valence-electron chi connectivity index (χ0n) is 11.1. The number of aromatic nitrogens is 2. The first-order valence-corrected chi connectivity index (χ1v) is 6.58. The van der Waals surface area contributed by atoms with Crippen LogP contribution < -0.4 is 5.56 Å². The van der Waals surface area contributed by atoms with Crippen LogP contribution in [0.3, 0.4) is 0 Å². The number of aryl methyl sites for hydroxylation is 1. The quantitative estimate of drug-likeness (QED) is 0.760. The highest BCUT2D eigenvalue weighted by atomic mass is 35.5. The van der Waals surface area contributed by atoms with Gasteiger partial charge in [0.05, 0.1) is 0 Å². The lowest BCUT2D eigenvalue weighted by Gasteiger charge is -2.05. The van der Waals surface area contributed by atoms with Gasteiger partial charge in [0.25, 0.3) is 5.56 Å². The summed E-state index contributed by atoms with van der Waals surface area (Å²) in [6.45, 7) is 1.78. The van der Waals surface area contributed by atoms with Crippen molar-refractivity contribution in [2.75, 3.05) is 0 Å². The molecule has 0 atom stereocenters. The Balaban J connectivity index is 2.15. The first kappa shape index (κ1) is 13.5. The fourth-order valence-electron chi connectivity index (χ4n) is 2.04. The van der Waals surface area contributed by atoms with Crippen LogP contribution in [-0.4, -0.2) is 15.1 Å². The fourth-order valence-corrected chi connectivity index (χ4v) is 2.23. The number of aromatic hydroxyl groups is 1. The summed E-state index contributed by atoms with van der Waals surface area (Å²) in [7, 11) is 0. The summed E-state index contributed by atoms with van der Waals surface area (Å²) in [5, 5.41) is 10.5. The Kier molecular flexibility index (Phi) is 3.27. The van der Waals surface area contributed by atoms with Crippen LogP contribution in [0.5, 0.6) is 5.88 Å². The highest BCUT2D eigenvalue weighted by molar-refractivity contribution is 6.30. The van der Waals surface area contributed by atoms with Crippen molar-refractivity contribution in [3.8, 4) is 28.6 Å². The number of aromatic amines is 1. The van der Waals surface area contributed by atoms with E-state index in [9.17, 15) is 9.90 Å². The van der Waals surface area contributed by atoms with Crippen LogP contribution in [0.4, 0.5) is 0 Å². The second kappa shape index (κ2) is 5.10. The number of hydrogen-bond donors (Lipinski definition) is 2. The maximum Gasteiger partial charge on any atom is 0.263 e. The van der Waals surface area contributed by atoms with E-state index in [4.69, 9.17) is 16.0 Å². The third kappa shape index (κ3) is 2.55. The molecule has 0 aliphatic rings. The number of H-pyrrole nitrogens is 1. The molecule has 2 N–H and O–H groups in total.